The first kappa shape index (κ1) is 15.1. The number of ether oxygens (including phenoxy) is 1. The summed E-state index contributed by atoms with van der Waals surface area (Å²) in [4.78, 5) is 12.1. The Balaban J connectivity index is 2.02. The zero-order chi connectivity index (χ0) is 15.2. The van der Waals surface area contributed by atoms with Crippen molar-refractivity contribution in [2.75, 3.05) is 27.2 Å². The molecule has 0 fully saturated rings. The number of carboxylic acid groups (broad SMARTS) is 1. The molecule has 4 heteroatoms. The van der Waals surface area contributed by atoms with Crippen molar-refractivity contribution in [1.82, 2.24) is 0 Å². The van der Waals surface area contributed by atoms with Crippen LogP contribution in [0.2, 0.25) is 0 Å². The topological polar surface area (TPSA) is 53.8 Å². The van der Waals surface area contributed by atoms with Crippen LogP contribution in [0, 0.1) is 0 Å². The van der Waals surface area contributed by atoms with E-state index in [2.05, 4.69) is 14.1 Å². The van der Waals surface area contributed by atoms with Crippen LogP contribution in [-0.2, 0) is 0 Å². The summed E-state index contributed by atoms with van der Waals surface area (Å²) in [6.45, 7) is 1.63. The Morgan fingerprint density at radius 3 is 2.00 bits per heavy atom. The number of benzene rings is 2. The maximum absolute atomic E-state index is 10.7. The maximum Gasteiger partial charge on any atom is 0.137 e. The van der Waals surface area contributed by atoms with E-state index in [0.29, 0.717) is 6.61 Å². The van der Waals surface area contributed by atoms with Crippen molar-refractivity contribution in [2.45, 2.75) is 0 Å². The average Bonchev–Trinajstić information content (AvgIpc) is 2.48. The number of likely N-dealkylation sites (N-methyl/N-ethyl adjacent to an activating group) is 1. The number of carbonyl (C=O) groups is 1. The zero-order valence-electron chi connectivity index (χ0n) is 12.3. The molecule has 0 saturated heterocycles. The van der Waals surface area contributed by atoms with Gasteiger partial charge in [-0.3, -0.25) is 0 Å². The van der Waals surface area contributed by atoms with Gasteiger partial charge in [-0.25, -0.2) is 0 Å². The van der Waals surface area contributed by atoms with E-state index in [9.17, 15) is 9.90 Å². The lowest BCUT2D eigenvalue weighted by atomic mass is 10.0. The molecule has 1 N–H and O–H groups in total. The van der Waals surface area contributed by atoms with Crippen LogP contribution in [0.3, 0.4) is 0 Å². The normalized spacial score (nSPS) is 10.6. The molecule has 0 bridgehead atoms. The zero-order valence-corrected chi connectivity index (χ0v) is 12.3. The van der Waals surface area contributed by atoms with Gasteiger partial charge in [-0.1, -0.05) is 36.4 Å². The Labute approximate surface area is 124 Å². The van der Waals surface area contributed by atoms with Crippen molar-refractivity contribution >= 4 is 5.97 Å². The minimum absolute atomic E-state index is 0.185. The summed E-state index contributed by atoms with van der Waals surface area (Å²) in [5, 5.41) is 10.7. The third kappa shape index (κ3) is 4.33. The molecule has 110 valence electrons. The van der Waals surface area contributed by atoms with Gasteiger partial charge in [0.25, 0.3) is 0 Å². The van der Waals surface area contributed by atoms with Crippen molar-refractivity contribution in [2.24, 2.45) is 0 Å². The summed E-state index contributed by atoms with van der Waals surface area (Å²) in [5.41, 5.74) is 2.17. The van der Waals surface area contributed by atoms with Gasteiger partial charge < -0.3 is 19.5 Å². The molecular formula is C17H19NO3. The third-order valence-electron chi connectivity index (χ3n) is 3.18. The van der Waals surface area contributed by atoms with Gasteiger partial charge >= 0.3 is 0 Å². The van der Waals surface area contributed by atoms with Crippen molar-refractivity contribution in [3.63, 3.8) is 0 Å². The van der Waals surface area contributed by atoms with E-state index in [1.807, 2.05) is 24.3 Å². The van der Waals surface area contributed by atoms with E-state index in [-0.39, 0.29) is 5.56 Å². The fourth-order valence-corrected chi connectivity index (χ4v) is 1.92. The second-order valence-corrected chi connectivity index (χ2v) is 5.19. The van der Waals surface area contributed by atoms with Crippen LogP contribution in [0.4, 0.5) is 0 Å². The second kappa shape index (κ2) is 6.90. The predicted octanol–water partition coefficient (Wildman–Crippen LogP) is 0.240. The number of carboxylic acids is 1. The number of carbonyl (C=O) groups excluding carboxylic acids is 1. The first-order valence-corrected chi connectivity index (χ1v) is 6.90. The quantitative estimate of drug-likeness (QED) is 0.827. The first-order chi connectivity index (χ1) is 10.1. The highest BCUT2D eigenvalue weighted by Crippen LogP contribution is 2.22. The van der Waals surface area contributed by atoms with Crippen molar-refractivity contribution in [3.05, 3.63) is 54.1 Å². The summed E-state index contributed by atoms with van der Waals surface area (Å²) in [6, 6.07) is 14.4. The van der Waals surface area contributed by atoms with Gasteiger partial charge in [-0.05, 0) is 28.8 Å². The van der Waals surface area contributed by atoms with Gasteiger partial charge in [-0.15, -0.1) is 0 Å². The molecule has 0 spiro atoms. The molecule has 0 atom stereocenters. The maximum atomic E-state index is 10.7. The van der Waals surface area contributed by atoms with Gasteiger partial charge in [0.05, 0.1) is 20.1 Å². The molecule has 0 radical (unpaired) electrons. The van der Waals surface area contributed by atoms with Crippen molar-refractivity contribution in [1.29, 1.82) is 0 Å². The smallest absolute Gasteiger partial charge is 0.137 e. The van der Waals surface area contributed by atoms with Gasteiger partial charge in [0.15, 0.2) is 0 Å². The largest absolute Gasteiger partial charge is 0.545 e. The fourth-order valence-electron chi connectivity index (χ4n) is 1.92. The summed E-state index contributed by atoms with van der Waals surface area (Å²) in [7, 11) is 4.17. The molecule has 0 heterocycles. The lowest BCUT2D eigenvalue weighted by Crippen LogP contribution is -3.06. The third-order valence-corrected chi connectivity index (χ3v) is 3.18. The summed E-state index contributed by atoms with van der Waals surface area (Å²) < 4.78 is 5.65. The van der Waals surface area contributed by atoms with Gasteiger partial charge in [0.1, 0.15) is 18.9 Å². The molecule has 0 saturated carbocycles. The second-order valence-electron chi connectivity index (χ2n) is 5.19. The van der Waals surface area contributed by atoms with Crippen LogP contribution in [0.5, 0.6) is 5.75 Å². The van der Waals surface area contributed by atoms with E-state index in [0.717, 1.165) is 23.4 Å². The highest BCUT2D eigenvalue weighted by Gasteiger charge is 2.01. The first-order valence-electron chi connectivity index (χ1n) is 6.90. The van der Waals surface area contributed by atoms with Crippen LogP contribution in [0.25, 0.3) is 11.1 Å². The number of aromatic carboxylic acids is 1. The van der Waals surface area contributed by atoms with Gasteiger partial charge in [-0.2, -0.15) is 0 Å². The fraction of sp³-hybridized carbons (Fsp3) is 0.235. The van der Waals surface area contributed by atoms with E-state index in [1.165, 1.54) is 4.90 Å². The Kier molecular flexibility index (Phi) is 4.95. The molecule has 0 aromatic heterocycles. The molecule has 2 rings (SSSR count). The minimum atomic E-state index is -1.16. The Morgan fingerprint density at radius 1 is 1.00 bits per heavy atom. The number of hydrogen-bond donors (Lipinski definition) is 1. The van der Waals surface area contributed by atoms with Crippen LogP contribution < -0.4 is 14.7 Å². The van der Waals surface area contributed by atoms with Crippen LogP contribution in [-0.4, -0.2) is 33.2 Å². The molecule has 0 unspecified atom stereocenters. The van der Waals surface area contributed by atoms with Crippen LogP contribution in [0.1, 0.15) is 10.4 Å². The highest BCUT2D eigenvalue weighted by molar-refractivity contribution is 5.86. The number of nitrogens with one attached hydrogen (secondary N) is 1. The van der Waals surface area contributed by atoms with E-state index >= 15 is 0 Å². The SMILES string of the molecule is C[NH+](C)CCOc1ccc(-c2ccc(C(=O)[O-])cc2)cc1. The molecule has 0 aliphatic carbocycles. The highest BCUT2D eigenvalue weighted by atomic mass is 16.5. The molecule has 0 aliphatic heterocycles. The molecule has 21 heavy (non-hydrogen) atoms. The Hall–Kier alpha value is -2.33. The van der Waals surface area contributed by atoms with Gasteiger partial charge in [0, 0.05) is 0 Å². The number of hydrogen-bond acceptors (Lipinski definition) is 3. The van der Waals surface area contributed by atoms with E-state index < -0.39 is 5.97 Å². The summed E-state index contributed by atoms with van der Waals surface area (Å²) in [5.74, 6) is -0.320. The lowest BCUT2D eigenvalue weighted by molar-refractivity contribution is -0.858. The molecule has 2 aromatic rings. The summed E-state index contributed by atoms with van der Waals surface area (Å²) in [6.07, 6.45) is 0. The molecule has 0 aliphatic rings. The van der Waals surface area contributed by atoms with E-state index in [1.54, 1.807) is 24.3 Å². The molecule has 4 nitrogen and oxygen atoms in total. The van der Waals surface area contributed by atoms with Crippen LogP contribution >= 0.6 is 0 Å². The predicted molar refractivity (Wildman–Crippen MR) is 79.4 cm³/mol. The lowest BCUT2D eigenvalue weighted by Gasteiger charge is -2.10. The molecule has 2 aromatic carbocycles. The monoisotopic (exact) mass is 285 g/mol. The minimum Gasteiger partial charge on any atom is -0.545 e. The average molecular weight is 285 g/mol. The van der Waals surface area contributed by atoms with Crippen molar-refractivity contribution in [3.8, 4) is 16.9 Å². The number of quaternary nitrogens is 1. The molecule has 0 amide bonds. The van der Waals surface area contributed by atoms with Crippen molar-refractivity contribution < 1.29 is 19.5 Å². The summed E-state index contributed by atoms with van der Waals surface area (Å²) >= 11 is 0. The van der Waals surface area contributed by atoms with Gasteiger partial charge in [0.2, 0.25) is 0 Å². The Bertz CT molecular complexity index is 588. The van der Waals surface area contributed by atoms with Crippen LogP contribution in [0.15, 0.2) is 48.5 Å². The molecular weight excluding hydrogens is 266 g/mol. The van der Waals surface area contributed by atoms with E-state index in [4.69, 9.17) is 4.74 Å². The number of rotatable bonds is 6. The Morgan fingerprint density at radius 2 is 1.52 bits per heavy atom. The standard InChI is InChI=1S/C17H19NO3/c1-18(2)11-12-21-16-9-7-14(8-10-16)13-3-5-15(6-4-13)17(19)20/h3-10H,11-12H2,1-2H3,(H,19,20).